The largest absolute Gasteiger partial charge is 0.370 e. The molecule has 2 aromatic rings. The molecule has 1 aromatic carbocycles. The van der Waals surface area contributed by atoms with Gasteiger partial charge in [-0.15, -0.1) is 5.10 Å². The zero-order chi connectivity index (χ0) is 10.7. The predicted octanol–water partition coefficient (Wildman–Crippen LogP) is 3.22. The van der Waals surface area contributed by atoms with E-state index in [1.165, 1.54) is 22.7 Å². The Bertz CT molecular complexity index is 442. The number of rotatable bonds is 3. The molecule has 0 bridgehead atoms. The monoisotopic (exact) mass is 283 g/mol. The van der Waals surface area contributed by atoms with Crippen molar-refractivity contribution in [1.82, 2.24) is 9.59 Å². The molecule has 15 heavy (non-hydrogen) atoms. The Morgan fingerprint density at radius 3 is 3.00 bits per heavy atom. The van der Waals surface area contributed by atoms with E-state index in [0.717, 1.165) is 16.0 Å². The summed E-state index contributed by atoms with van der Waals surface area (Å²) >= 11 is 4.91. The van der Waals surface area contributed by atoms with Crippen molar-refractivity contribution in [3.8, 4) is 0 Å². The van der Waals surface area contributed by atoms with Crippen molar-refractivity contribution in [1.29, 1.82) is 0 Å². The lowest BCUT2D eigenvalue weighted by atomic mass is 10.1. The van der Waals surface area contributed by atoms with Crippen LogP contribution in [0.1, 0.15) is 11.1 Å². The number of hydrogen-bond donors (Lipinski definition) is 1. The summed E-state index contributed by atoms with van der Waals surface area (Å²) in [5, 5.41) is 8.02. The molecule has 1 N–H and O–H groups in total. The Balaban J connectivity index is 2.05. The normalized spacial score (nSPS) is 10.3. The minimum atomic E-state index is 0.782. The van der Waals surface area contributed by atoms with Gasteiger partial charge in [0.25, 0.3) is 0 Å². The Labute approximate surface area is 101 Å². The molecule has 0 aliphatic rings. The van der Waals surface area contributed by atoms with E-state index in [4.69, 9.17) is 0 Å². The zero-order valence-electron chi connectivity index (χ0n) is 8.20. The molecule has 2 rings (SSSR count). The van der Waals surface area contributed by atoms with Gasteiger partial charge in [-0.25, -0.2) is 0 Å². The average Bonchev–Trinajstić information content (AvgIpc) is 2.69. The van der Waals surface area contributed by atoms with E-state index >= 15 is 0 Å². The highest BCUT2D eigenvalue weighted by Crippen LogP contribution is 2.20. The summed E-state index contributed by atoms with van der Waals surface area (Å²) in [6, 6.07) is 6.33. The maximum Gasteiger partial charge on any atom is 0.130 e. The smallest absolute Gasteiger partial charge is 0.130 e. The molecule has 3 nitrogen and oxygen atoms in total. The first-order chi connectivity index (χ1) is 7.25. The lowest BCUT2D eigenvalue weighted by Gasteiger charge is -2.06. The maximum atomic E-state index is 3.79. The molecule has 1 heterocycles. The van der Waals surface area contributed by atoms with Crippen LogP contribution in [0.25, 0.3) is 0 Å². The molecular formula is C10H10BrN3S. The predicted molar refractivity (Wildman–Crippen MR) is 66.1 cm³/mol. The summed E-state index contributed by atoms with van der Waals surface area (Å²) in [4.78, 5) is 0. The fraction of sp³-hybridized carbons (Fsp3) is 0.200. The van der Waals surface area contributed by atoms with Gasteiger partial charge in [0.1, 0.15) is 5.00 Å². The number of anilines is 1. The minimum Gasteiger partial charge on any atom is -0.370 e. The van der Waals surface area contributed by atoms with Crippen molar-refractivity contribution in [3.05, 3.63) is 40.0 Å². The van der Waals surface area contributed by atoms with Crippen LogP contribution in [0.3, 0.4) is 0 Å². The molecule has 5 heteroatoms. The zero-order valence-corrected chi connectivity index (χ0v) is 10.6. The molecule has 0 aliphatic heterocycles. The van der Waals surface area contributed by atoms with E-state index in [1.54, 1.807) is 6.20 Å². The van der Waals surface area contributed by atoms with Gasteiger partial charge in [0.2, 0.25) is 0 Å². The van der Waals surface area contributed by atoms with Crippen molar-refractivity contribution in [3.63, 3.8) is 0 Å². The second kappa shape index (κ2) is 4.72. The third-order valence-electron chi connectivity index (χ3n) is 2.02. The molecule has 0 saturated carbocycles. The molecule has 0 atom stereocenters. The van der Waals surface area contributed by atoms with Crippen LogP contribution in [0.5, 0.6) is 0 Å². The average molecular weight is 284 g/mol. The van der Waals surface area contributed by atoms with Crippen molar-refractivity contribution in [2.75, 3.05) is 5.32 Å². The quantitative estimate of drug-likeness (QED) is 0.940. The topological polar surface area (TPSA) is 37.8 Å². The Hall–Kier alpha value is -0.940. The van der Waals surface area contributed by atoms with Crippen molar-refractivity contribution < 1.29 is 0 Å². The molecule has 0 amide bonds. The van der Waals surface area contributed by atoms with Gasteiger partial charge in [0, 0.05) is 22.5 Å². The Morgan fingerprint density at radius 2 is 2.33 bits per heavy atom. The number of aryl methyl sites for hydroxylation is 1. The highest BCUT2D eigenvalue weighted by Gasteiger charge is 2.00. The first kappa shape index (κ1) is 10.6. The highest BCUT2D eigenvalue weighted by atomic mass is 79.9. The first-order valence-electron chi connectivity index (χ1n) is 4.52. The number of nitrogens with zero attached hydrogens (tertiary/aromatic N) is 2. The van der Waals surface area contributed by atoms with Crippen LogP contribution < -0.4 is 5.32 Å². The van der Waals surface area contributed by atoms with E-state index in [0.29, 0.717) is 0 Å². The summed E-state index contributed by atoms with van der Waals surface area (Å²) in [5.74, 6) is 0. The van der Waals surface area contributed by atoms with Gasteiger partial charge in [-0.2, -0.15) is 0 Å². The molecule has 0 saturated heterocycles. The third kappa shape index (κ3) is 2.76. The van der Waals surface area contributed by atoms with Crippen molar-refractivity contribution >= 4 is 32.5 Å². The van der Waals surface area contributed by atoms with Crippen LogP contribution in [-0.4, -0.2) is 9.59 Å². The molecule has 0 spiro atoms. The molecule has 0 radical (unpaired) electrons. The molecule has 1 aromatic heterocycles. The number of nitrogens with one attached hydrogen (secondary N) is 1. The van der Waals surface area contributed by atoms with Gasteiger partial charge in [-0.3, -0.25) is 0 Å². The van der Waals surface area contributed by atoms with Gasteiger partial charge in [-0.1, -0.05) is 32.6 Å². The van der Waals surface area contributed by atoms with Crippen LogP contribution in [0, 0.1) is 6.92 Å². The fourth-order valence-corrected chi connectivity index (χ4v) is 2.27. The fourth-order valence-electron chi connectivity index (χ4n) is 1.22. The van der Waals surface area contributed by atoms with Gasteiger partial charge >= 0.3 is 0 Å². The summed E-state index contributed by atoms with van der Waals surface area (Å²) in [6.45, 7) is 2.86. The number of halogens is 1. The lowest BCUT2D eigenvalue weighted by Crippen LogP contribution is -1.98. The lowest BCUT2D eigenvalue weighted by molar-refractivity contribution is 1.12. The summed E-state index contributed by atoms with van der Waals surface area (Å²) in [7, 11) is 0. The minimum absolute atomic E-state index is 0.782. The standard InChI is InChI=1S/C10H10BrN3S/c1-7-2-3-8(9(11)4-7)5-12-10-6-13-14-15-10/h2-4,6,12H,5H2,1H3. The van der Waals surface area contributed by atoms with Crippen LogP contribution in [0.4, 0.5) is 5.00 Å². The van der Waals surface area contributed by atoms with Crippen LogP contribution in [0.15, 0.2) is 28.9 Å². The van der Waals surface area contributed by atoms with Gasteiger partial charge in [0.05, 0.1) is 6.20 Å². The summed E-state index contributed by atoms with van der Waals surface area (Å²) in [5.41, 5.74) is 2.49. The second-order valence-electron chi connectivity index (χ2n) is 3.23. The van der Waals surface area contributed by atoms with E-state index in [9.17, 15) is 0 Å². The second-order valence-corrected chi connectivity index (χ2v) is 4.87. The van der Waals surface area contributed by atoms with Gasteiger partial charge < -0.3 is 5.32 Å². The van der Waals surface area contributed by atoms with Crippen LogP contribution in [-0.2, 0) is 6.54 Å². The Morgan fingerprint density at radius 1 is 1.47 bits per heavy atom. The van der Waals surface area contributed by atoms with Crippen LogP contribution in [0.2, 0.25) is 0 Å². The Kier molecular flexibility index (Phi) is 3.33. The molecule has 0 aliphatic carbocycles. The van der Waals surface area contributed by atoms with Crippen LogP contribution >= 0.6 is 27.5 Å². The molecular weight excluding hydrogens is 274 g/mol. The molecule has 0 fully saturated rings. The maximum absolute atomic E-state index is 3.79. The summed E-state index contributed by atoms with van der Waals surface area (Å²) in [6.07, 6.45) is 1.73. The van der Waals surface area contributed by atoms with E-state index < -0.39 is 0 Å². The van der Waals surface area contributed by atoms with Gasteiger partial charge in [0.15, 0.2) is 0 Å². The van der Waals surface area contributed by atoms with E-state index in [-0.39, 0.29) is 0 Å². The third-order valence-corrected chi connectivity index (χ3v) is 3.38. The van der Waals surface area contributed by atoms with Crippen molar-refractivity contribution in [2.45, 2.75) is 13.5 Å². The van der Waals surface area contributed by atoms with Gasteiger partial charge in [-0.05, 0) is 24.1 Å². The first-order valence-corrected chi connectivity index (χ1v) is 6.08. The number of benzene rings is 1. The molecule has 78 valence electrons. The van der Waals surface area contributed by atoms with E-state index in [1.807, 2.05) is 0 Å². The number of aromatic nitrogens is 2. The highest BCUT2D eigenvalue weighted by molar-refractivity contribution is 9.10. The SMILES string of the molecule is Cc1ccc(CNc2cnns2)c(Br)c1. The summed E-state index contributed by atoms with van der Waals surface area (Å²) < 4.78 is 4.92. The van der Waals surface area contributed by atoms with E-state index in [2.05, 4.69) is 56.0 Å². The number of hydrogen-bond acceptors (Lipinski definition) is 4. The van der Waals surface area contributed by atoms with Crippen molar-refractivity contribution in [2.24, 2.45) is 0 Å². The molecule has 0 unspecified atom stereocenters.